The van der Waals surface area contributed by atoms with Gasteiger partial charge in [0.15, 0.2) is 5.69 Å². The lowest BCUT2D eigenvalue weighted by molar-refractivity contribution is -0.384. The van der Waals surface area contributed by atoms with E-state index in [4.69, 9.17) is 0 Å². The van der Waals surface area contributed by atoms with Gasteiger partial charge in [-0.2, -0.15) is 10.2 Å². The molecule has 0 bridgehead atoms. The highest BCUT2D eigenvalue weighted by Gasteiger charge is 2.13. The van der Waals surface area contributed by atoms with Crippen LogP contribution in [0.5, 0.6) is 5.75 Å². The second kappa shape index (κ2) is 6.81. The number of hydrazone groups is 1. The van der Waals surface area contributed by atoms with Crippen LogP contribution in [0.2, 0.25) is 0 Å². The van der Waals surface area contributed by atoms with Crippen molar-refractivity contribution in [2.75, 3.05) is 0 Å². The van der Waals surface area contributed by atoms with Crippen molar-refractivity contribution in [1.82, 2.24) is 15.6 Å². The predicted molar refractivity (Wildman–Crippen MR) is 92.2 cm³/mol. The predicted octanol–water partition coefficient (Wildman–Crippen LogP) is 1.30. The molecule has 3 N–H and O–H groups in total. The van der Waals surface area contributed by atoms with Gasteiger partial charge in [-0.25, -0.2) is 10.5 Å². The van der Waals surface area contributed by atoms with Crippen molar-refractivity contribution in [2.24, 2.45) is 5.10 Å². The van der Waals surface area contributed by atoms with Crippen LogP contribution < -0.4 is 11.0 Å². The van der Waals surface area contributed by atoms with Gasteiger partial charge in [-0.05, 0) is 12.1 Å². The summed E-state index contributed by atoms with van der Waals surface area (Å²) in [6.45, 7) is 0. The van der Waals surface area contributed by atoms with Crippen LogP contribution in [0.1, 0.15) is 16.1 Å². The van der Waals surface area contributed by atoms with E-state index in [9.17, 15) is 24.8 Å². The quantitative estimate of drug-likeness (QED) is 0.365. The van der Waals surface area contributed by atoms with Crippen LogP contribution in [0.15, 0.2) is 52.4 Å². The van der Waals surface area contributed by atoms with Gasteiger partial charge in [0.25, 0.3) is 17.2 Å². The average molecular weight is 353 g/mol. The Morgan fingerprint density at radius 3 is 2.73 bits per heavy atom. The van der Waals surface area contributed by atoms with Crippen LogP contribution >= 0.6 is 0 Å². The highest BCUT2D eigenvalue weighted by atomic mass is 16.6. The molecule has 0 unspecified atom stereocenters. The maximum Gasteiger partial charge on any atom is 0.292 e. The number of non-ortho nitro benzene ring substituents is 1. The fraction of sp³-hybridized carbons (Fsp3) is 0. The largest absolute Gasteiger partial charge is 0.507 e. The minimum absolute atomic E-state index is 0.0411. The SMILES string of the molecule is O=C(NN=Cc1cc([N+](=O)[O-])ccc1O)c1n[nH]c(=O)c2ccccc12. The molecule has 0 saturated carbocycles. The van der Waals surface area contributed by atoms with Gasteiger partial charge in [0.05, 0.1) is 16.5 Å². The molecule has 10 heteroatoms. The number of carbonyl (C=O) groups excluding carboxylic acids is 1. The number of phenols is 1. The van der Waals surface area contributed by atoms with E-state index in [1.165, 1.54) is 0 Å². The minimum Gasteiger partial charge on any atom is -0.507 e. The Labute approximate surface area is 144 Å². The first-order valence-corrected chi connectivity index (χ1v) is 7.25. The molecule has 0 aliphatic carbocycles. The third kappa shape index (κ3) is 3.24. The first kappa shape index (κ1) is 16.8. The summed E-state index contributed by atoms with van der Waals surface area (Å²) in [5.41, 5.74) is 1.55. The Bertz CT molecular complexity index is 1110. The van der Waals surface area contributed by atoms with Crippen LogP contribution in [0.3, 0.4) is 0 Å². The van der Waals surface area contributed by atoms with Crippen molar-refractivity contribution < 1.29 is 14.8 Å². The molecular weight excluding hydrogens is 342 g/mol. The fourth-order valence-electron chi connectivity index (χ4n) is 2.26. The standard InChI is InChI=1S/C16H11N5O5/c22-13-6-5-10(21(25)26)7-9(13)8-17-19-16(24)14-11-3-1-2-4-12(11)15(23)20-18-14/h1-8,22H,(H,19,24)(H,20,23). The molecule has 1 heterocycles. The second-order valence-corrected chi connectivity index (χ2v) is 5.15. The highest BCUT2D eigenvalue weighted by molar-refractivity contribution is 6.04. The number of aromatic nitrogens is 2. The molecular formula is C16H11N5O5. The molecule has 0 fully saturated rings. The third-order valence-corrected chi connectivity index (χ3v) is 3.50. The van der Waals surface area contributed by atoms with E-state index >= 15 is 0 Å². The molecule has 0 aliphatic heterocycles. The summed E-state index contributed by atoms with van der Waals surface area (Å²) in [5, 5.41) is 30.7. The summed E-state index contributed by atoms with van der Waals surface area (Å²) in [7, 11) is 0. The Hall–Kier alpha value is -4.08. The molecule has 10 nitrogen and oxygen atoms in total. The van der Waals surface area contributed by atoms with Crippen LogP contribution in [0.4, 0.5) is 5.69 Å². The first-order valence-electron chi connectivity index (χ1n) is 7.25. The lowest BCUT2D eigenvalue weighted by Crippen LogP contribution is -2.22. The highest BCUT2D eigenvalue weighted by Crippen LogP contribution is 2.21. The Balaban J connectivity index is 1.85. The number of H-pyrrole nitrogens is 1. The van der Waals surface area contributed by atoms with E-state index in [0.717, 1.165) is 24.4 Å². The van der Waals surface area contributed by atoms with Gasteiger partial charge in [0, 0.05) is 23.1 Å². The van der Waals surface area contributed by atoms with Crippen molar-refractivity contribution >= 4 is 28.6 Å². The van der Waals surface area contributed by atoms with Crippen LogP contribution in [0.25, 0.3) is 10.8 Å². The summed E-state index contributed by atoms with van der Waals surface area (Å²) in [6.07, 6.45) is 1.06. The number of amides is 1. The Morgan fingerprint density at radius 1 is 1.27 bits per heavy atom. The molecule has 130 valence electrons. The van der Waals surface area contributed by atoms with Crippen molar-refractivity contribution in [3.8, 4) is 5.75 Å². The second-order valence-electron chi connectivity index (χ2n) is 5.15. The molecule has 1 amide bonds. The molecule has 3 rings (SSSR count). The maximum atomic E-state index is 12.2. The summed E-state index contributed by atoms with van der Waals surface area (Å²) >= 11 is 0. The van der Waals surface area contributed by atoms with Crippen LogP contribution in [-0.4, -0.2) is 32.3 Å². The third-order valence-electron chi connectivity index (χ3n) is 3.50. The van der Waals surface area contributed by atoms with Gasteiger partial charge < -0.3 is 5.11 Å². The number of nitro groups is 1. The number of nitrogens with zero attached hydrogens (tertiary/aromatic N) is 3. The number of carbonyl (C=O) groups is 1. The number of benzene rings is 2. The first-order chi connectivity index (χ1) is 12.5. The summed E-state index contributed by atoms with van der Waals surface area (Å²) in [4.78, 5) is 34.1. The zero-order valence-electron chi connectivity index (χ0n) is 13.0. The molecule has 0 spiro atoms. The average Bonchev–Trinajstić information content (AvgIpc) is 2.63. The number of aromatic amines is 1. The van der Waals surface area contributed by atoms with E-state index < -0.39 is 16.4 Å². The number of nitro benzene ring substituents is 1. The van der Waals surface area contributed by atoms with Gasteiger partial charge in [0.2, 0.25) is 0 Å². The number of rotatable bonds is 4. The number of hydrogen-bond acceptors (Lipinski definition) is 7. The van der Waals surface area contributed by atoms with Crippen molar-refractivity contribution in [3.63, 3.8) is 0 Å². The fourth-order valence-corrected chi connectivity index (χ4v) is 2.26. The zero-order chi connectivity index (χ0) is 18.7. The molecule has 0 atom stereocenters. The van der Waals surface area contributed by atoms with Crippen molar-refractivity contribution in [2.45, 2.75) is 0 Å². The van der Waals surface area contributed by atoms with E-state index in [2.05, 4.69) is 20.7 Å². The molecule has 1 aromatic heterocycles. The smallest absolute Gasteiger partial charge is 0.292 e. The van der Waals surface area contributed by atoms with Gasteiger partial charge in [0.1, 0.15) is 5.75 Å². The molecule has 0 saturated heterocycles. The summed E-state index contributed by atoms with van der Waals surface area (Å²) in [6, 6.07) is 9.84. The lowest BCUT2D eigenvalue weighted by atomic mass is 10.1. The van der Waals surface area contributed by atoms with Gasteiger partial charge in [-0.15, -0.1) is 0 Å². The number of fused-ring (bicyclic) bond motifs is 1. The summed E-state index contributed by atoms with van der Waals surface area (Å²) in [5.74, 6) is -0.931. The molecule has 26 heavy (non-hydrogen) atoms. The van der Waals surface area contributed by atoms with E-state index in [1.807, 2.05) is 0 Å². The molecule has 0 aliphatic rings. The minimum atomic E-state index is -0.696. The van der Waals surface area contributed by atoms with E-state index in [0.29, 0.717) is 10.8 Å². The number of nitrogens with one attached hydrogen (secondary N) is 2. The van der Waals surface area contributed by atoms with Crippen LogP contribution in [-0.2, 0) is 0 Å². The Morgan fingerprint density at radius 2 is 2.00 bits per heavy atom. The van der Waals surface area contributed by atoms with Gasteiger partial charge >= 0.3 is 0 Å². The van der Waals surface area contributed by atoms with E-state index in [-0.39, 0.29) is 22.7 Å². The normalized spacial score (nSPS) is 10.9. The molecule has 3 aromatic rings. The van der Waals surface area contributed by atoms with Crippen molar-refractivity contribution in [1.29, 1.82) is 0 Å². The van der Waals surface area contributed by atoms with Gasteiger partial charge in [-0.1, -0.05) is 18.2 Å². The lowest BCUT2D eigenvalue weighted by Gasteiger charge is -2.03. The number of hydrogen-bond donors (Lipinski definition) is 3. The van der Waals surface area contributed by atoms with Crippen molar-refractivity contribution in [3.05, 3.63) is 74.2 Å². The number of phenolic OH excluding ortho intramolecular Hbond substituents is 1. The Kier molecular flexibility index (Phi) is 4.39. The molecule has 2 aromatic carbocycles. The maximum absolute atomic E-state index is 12.2. The van der Waals surface area contributed by atoms with Crippen LogP contribution in [0, 0.1) is 10.1 Å². The topological polar surface area (TPSA) is 151 Å². The monoisotopic (exact) mass is 353 g/mol. The van der Waals surface area contributed by atoms with Gasteiger partial charge in [-0.3, -0.25) is 19.7 Å². The van der Waals surface area contributed by atoms with E-state index in [1.54, 1.807) is 24.3 Å². The molecule has 0 radical (unpaired) electrons. The summed E-state index contributed by atoms with van der Waals surface area (Å²) < 4.78 is 0. The number of aromatic hydroxyl groups is 1. The zero-order valence-corrected chi connectivity index (χ0v) is 13.0.